The second-order valence-corrected chi connectivity index (χ2v) is 5.53. The molecule has 1 fully saturated rings. The molecular formula is C14H20BrNO. The number of rotatable bonds is 6. The minimum absolute atomic E-state index is 0.442. The van der Waals surface area contributed by atoms with E-state index in [0.717, 1.165) is 18.2 Å². The molecule has 0 bridgehead atoms. The van der Waals surface area contributed by atoms with Gasteiger partial charge in [-0.25, -0.2) is 0 Å². The zero-order chi connectivity index (χ0) is 12.3. The molecule has 0 aromatic heterocycles. The molecule has 0 spiro atoms. The first-order chi connectivity index (χ1) is 8.24. The molecule has 94 valence electrons. The summed E-state index contributed by atoms with van der Waals surface area (Å²) in [6.07, 6.45) is 4.02. The molecule has 1 saturated carbocycles. The summed E-state index contributed by atoms with van der Waals surface area (Å²) in [5.74, 6) is 1.85. The van der Waals surface area contributed by atoms with Gasteiger partial charge in [0.15, 0.2) is 0 Å². The largest absolute Gasteiger partial charge is 0.497 e. The van der Waals surface area contributed by atoms with Crippen molar-refractivity contribution in [3.05, 3.63) is 28.2 Å². The average Bonchev–Trinajstić information content (AvgIpc) is 3.13. The molecule has 1 N–H and O–H groups in total. The Morgan fingerprint density at radius 3 is 2.82 bits per heavy atom. The maximum atomic E-state index is 5.31. The predicted molar refractivity (Wildman–Crippen MR) is 74.5 cm³/mol. The molecule has 1 aromatic carbocycles. The summed E-state index contributed by atoms with van der Waals surface area (Å²) in [5.41, 5.74) is 1.32. The highest BCUT2D eigenvalue weighted by atomic mass is 79.9. The van der Waals surface area contributed by atoms with Gasteiger partial charge in [0.2, 0.25) is 0 Å². The summed E-state index contributed by atoms with van der Waals surface area (Å²) < 4.78 is 6.48. The van der Waals surface area contributed by atoms with Crippen molar-refractivity contribution in [3.8, 4) is 5.75 Å². The molecule has 0 heterocycles. The number of nitrogens with one attached hydrogen (secondary N) is 1. The summed E-state index contributed by atoms with van der Waals surface area (Å²) in [6.45, 7) is 3.16. The van der Waals surface area contributed by atoms with Gasteiger partial charge in [-0.3, -0.25) is 0 Å². The Balaban J connectivity index is 2.19. The zero-order valence-corrected chi connectivity index (χ0v) is 12.1. The van der Waals surface area contributed by atoms with E-state index in [1.165, 1.54) is 29.3 Å². The van der Waals surface area contributed by atoms with Crippen molar-refractivity contribution in [2.45, 2.75) is 32.2 Å². The van der Waals surface area contributed by atoms with E-state index in [2.05, 4.69) is 40.3 Å². The molecule has 2 rings (SSSR count). The van der Waals surface area contributed by atoms with Gasteiger partial charge in [0.25, 0.3) is 0 Å². The van der Waals surface area contributed by atoms with Crippen molar-refractivity contribution in [1.82, 2.24) is 5.32 Å². The maximum absolute atomic E-state index is 5.31. The van der Waals surface area contributed by atoms with Crippen LogP contribution in [0.15, 0.2) is 22.7 Å². The van der Waals surface area contributed by atoms with Crippen molar-refractivity contribution in [1.29, 1.82) is 0 Å². The first-order valence-corrected chi connectivity index (χ1v) is 7.10. The molecule has 2 nitrogen and oxygen atoms in total. The molecule has 0 saturated heterocycles. The van der Waals surface area contributed by atoms with E-state index >= 15 is 0 Å². The maximum Gasteiger partial charge on any atom is 0.119 e. The predicted octanol–water partition coefficient (Wildman–Crippen LogP) is 3.91. The summed E-state index contributed by atoms with van der Waals surface area (Å²) in [7, 11) is 1.72. The fraction of sp³-hybridized carbons (Fsp3) is 0.571. The van der Waals surface area contributed by atoms with Gasteiger partial charge in [0.1, 0.15) is 5.75 Å². The molecule has 1 atom stereocenters. The van der Waals surface area contributed by atoms with E-state index in [0.29, 0.717) is 6.04 Å². The topological polar surface area (TPSA) is 21.3 Å². The average molecular weight is 298 g/mol. The van der Waals surface area contributed by atoms with Crippen LogP contribution in [0.2, 0.25) is 0 Å². The Kier molecular flexibility index (Phi) is 4.46. The van der Waals surface area contributed by atoms with Crippen LogP contribution in [0.25, 0.3) is 0 Å². The molecule has 1 unspecified atom stereocenters. The highest BCUT2D eigenvalue weighted by Gasteiger charge is 2.26. The first-order valence-electron chi connectivity index (χ1n) is 6.31. The van der Waals surface area contributed by atoms with Crippen molar-refractivity contribution < 1.29 is 4.74 Å². The lowest BCUT2D eigenvalue weighted by molar-refractivity contribution is 0.411. The van der Waals surface area contributed by atoms with Gasteiger partial charge in [-0.05, 0) is 42.6 Å². The van der Waals surface area contributed by atoms with Crippen LogP contribution < -0.4 is 10.1 Å². The zero-order valence-electron chi connectivity index (χ0n) is 10.5. The monoisotopic (exact) mass is 297 g/mol. The van der Waals surface area contributed by atoms with E-state index in [9.17, 15) is 0 Å². The van der Waals surface area contributed by atoms with Crippen LogP contribution >= 0.6 is 15.9 Å². The van der Waals surface area contributed by atoms with Crippen LogP contribution in [0.4, 0.5) is 0 Å². The SMILES string of the molecule is CCNC(CC1CC1)c1cc(OC)ccc1Br. The lowest BCUT2D eigenvalue weighted by atomic mass is 10.0. The second-order valence-electron chi connectivity index (χ2n) is 4.68. The Labute approximate surface area is 112 Å². The molecule has 17 heavy (non-hydrogen) atoms. The third-order valence-electron chi connectivity index (χ3n) is 3.30. The fourth-order valence-electron chi connectivity index (χ4n) is 2.17. The Hall–Kier alpha value is -0.540. The Bertz CT molecular complexity index is 376. The number of halogens is 1. The molecule has 0 amide bonds. The number of benzene rings is 1. The molecule has 0 radical (unpaired) electrons. The third kappa shape index (κ3) is 3.46. The molecule has 0 aliphatic heterocycles. The molecule has 1 aliphatic carbocycles. The molecular weight excluding hydrogens is 278 g/mol. The Morgan fingerprint density at radius 1 is 1.47 bits per heavy atom. The van der Waals surface area contributed by atoms with Crippen LogP contribution in [-0.2, 0) is 0 Å². The van der Waals surface area contributed by atoms with Crippen LogP contribution in [0.5, 0.6) is 5.75 Å². The van der Waals surface area contributed by atoms with E-state index in [1.54, 1.807) is 7.11 Å². The van der Waals surface area contributed by atoms with Crippen molar-refractivity contribution in [3.63, 3.8) is 0 Å². The normalized spacial score (nSPS) is 16.9. The number of hydrogen-bond acceptors (Lipinski definition) is 2. The van der Waals surface area contributed by atoms with Gasteiger partial charge in [-0.2, -0.15) is 0 Å². The highest BCUT2D eigenvalue weighted by molar-refractivity contribution is 9.10. The van der Waals surface area contributed by atoms with E-state index < -0.39 is 0 Å². The van der Waals surface area contributed by atoms with E-state index in [1.807, 2.05) is 6.07 Å². The Morgan fingerprint density at radius 2 is 2.24 bits per heavy atom. The number of ether oxygens (including phenoxy) is 1. The van der Waals surface area contributed by atoms with Crippen molar-refractivity contribution in [2.24, 2.45) is 5.92 Å². The van der Waals surface area contributed by atoms with Crippen LogP contribution in [-0.4, -0.2) is 13.7 Å². The van der Waals surface area contributed by atoms with Crippen LogP contribution in [0, 0.1) is 5.92 Å². The third-order valence-corrected chi connectivity index (χ3v) is 4.02. The summed E-state index contributed by atoms with van der Waals surface area (Å²) >= 11 is 3.65. The number of methoxy groups -OCH3 is 1. The smallest absolute Gasteiger partial charge is 0.119 e. The minimum Gasteiger partial charge on any atom is -0.497 e. The second kappa shape index (κ2) is 5.87. The van der Waals surface area contributed by atoms with Gasteiger partial charge in [-0.1, -0.05) is 35.7 Å². The summed E-state index contributed by atoms with van der Waals surface area (Å²) in [6, 6.07) is 6.65. The van der Waals surface area contributed by atoms with Gasteiger partial charge < -0.3 is 10.1 Å². The van der Waals surface area contributed by atoms with Crippen molar-refractivity contribution in [2.75, 3.05) is 13.7 Å². The minimum atomic E-state index is 0.442. The molecule has 1 aromatic rings. The van der Waals surface area contributed by atoms with Crippen molar-refractivity contribution >= 4 is 15.9 Å². The fourth-order valence-corrected chi connectivity index (χ4v) is 2.69. The number of hydrogen-bond donors (Lipinski definition) is 1. The van der Waals surface area contributed by atoms with Gasteiger partial charge in [0.05, 0.1) is 7.11 Å². The lowest BCUT2D eigenvalue weighted by Crippen LogP contribution is -2.21. The van der Waals surface area contributed by atoms with E-state index in [4.69, 9.17) is 4.74 Å². The molecule has 1 aliphatic rings. The highest BCUT2D eigenvalue weighted by Crippen LogP contribution is 2.39. The van der Waals surface area contributed by atoms with Gasteiger partial charge in [0, 0.05) is 10.5 Å². The van der Waals surface area contributed by atoms with Gasteiger partial charge >= 0.3 is 0 Å². The standard InChI is InChI=1S/C14H20BrNO/c1-3-16-14(8-10-4-5-10)12-9-11(17-2)6-7-13(12)15/h6-7,9-10,14,16H,3-5,8H2,1-2H3. The van der Waals surface area contributed by atoms with E-state index in [-0.39, 0.29) is 0 Å². The first kappa shape index (κ1) is 12.9. The van der Waals surface area contributed by atoms with Crippen LogP contribution in [0.3, 0.4) is 0 Å². The lowest BCUT2D eigenvalue weighted by Gasteiger charge is -2.20. The molecule has 3 heteroatoms. The summed E-state index contributed by atoms with van der Waals surface area (Å²) in [5, 5.41) is 3.58. The van der Waals surface area contributed by atoms with Crippen LogP contribution in [0.1, 0.15) is 37.8 Å². The summed E-state index contributed by atoms with van der Waals surface area (Å²) in [4.78, 5) is 0. The quantitative estimate of drug-likeness (QED) is 0.860. The van der Waals surface area contributed by atoms with Gasteiger partial charge in [-0.15, -0.1) is 0 Å².